The van der Waals surface area contributed by atoms with Crippen LogP contribution >= 0.6 is 34.8 Å². The van der Waals surface area contributed by atoms with E-state index in [0.29, 0.717) is 130 Å². The number of benzene rings is 2. The first kappa shape index (κ1) is 62.5. The Hall–Kier alpha value is -4.73. The van der Waals surface area contributed by atoms with Gasteiger partial charge in [-0.25, -0.2) is 0 Å². The SMILES string of the molecule is C=C1C(=O)[C@]23[C@H](OC(=O)C4CCN(C(=O)c5ccccc5Cl)CC4)[C@H]1CC[C@H]2[C@@]12CO[C@@]3(O)[C@@H](O)[C@@H]1C(C)(C)CCC2=O.C=C1C(=O)[C@]23[C@H](OC(=O)C4CCNCC4)[C@H]1CC[C@H]2[C@@]12CO[C@@]3(O)[C@@H](O)[C@@H]1C(C)(C)CCC2=O.O=C(Cl)c1ccccc1Cl. The molecule has 6 saturated heterocycles. The van der Waals surface area contributed by atoms with Crippen LogP contribution in [0.25, 0.3) is 0 Å². The Labute approximate surface area is 520 Å². The molecule has 21 heteroatoms. The van der Waals surface area contributed by atoms with Gasteiger partial charge < -0.3 is 49.6 Å². The third kappa shape index (κ3) is 8.49. The van der Waals surface area contributed by atoms with Gasteiger partial charge in [-0.1, -0.05) is 88.3 Å². The average molecular weight is 1260 g/mol. The van der Waals surface area contributed by atoms with Gasteiger partial charge in [-0.2, -0.15) is 0 Å². The molecule has 0 radical (unpaired) electrons. The minimum absolute atomic E-state index is 0.0193. The molecule has 16 atom stereocenters. The molecule has 468 valence electrons. The number of likely N-dealkylation sites (tertiary alicyclic amines) is 1. The predicted octanol–water partition coefficient (Wildman–Crippen LogP) is 7.19. The minimum Gasteiger partial charge on any atom is -0.460 e. The topological polar surface area (TPSA) is 270 Å². The summed E-state index contributed by atoms with van der Waals surface area (Å²) in [5, 5.41) is 51.5. The Kier molecular flexibility index (Phi) is 15.6. The van der Waals surface area contributed by atoms with Crippen LogP contribution in [0.2, 0.25) is 10.0 Å². The molecule has 8 saturated carbocycles. The Balaban J connectivity index is 0.000000149. The van der Waals surface area contributed by atoms with Crippen LogP contribution in [0.1, 0.15) is 125 Å². The summed E-state index contributed by atoms with van der Waals surface area (Å²) in [5.41, 5.74) is -5.41. The molecule has 87 heavy (non-hydrogen) atoms. The Morgan fingerprint density at radius 3 is 1.41 bits per heavy atom. The van der Waals surface area contributed by atoms with Gasteiger partial charge in [0.2, 0.25) is 11.6 Å². The van der Waals surface area contributed by atoms with Gasteiger partial charge in [0, 0.05) is 49.6 Å². The largest absolute Gasteiger partial charge is 0.460 e. The second kappa shape index (κ2) is 21.7. The molecule has 1 amide bonds. The molecule has 16 rings (SSSR count). The van der Waals surface area contributed by atoms with Crippen LogP contribution < -0.4 is 5.32 Å². The third-order valence-corrected chi connectivity index (χ3v) is 24.6. The number of amides is 1. The van der Waals surface area contributed by atoms with E-state index in [1.54, 1.807) is 53.4 Å². The number of aliphatic hydroxyl groups is 4. The molecule has 5 N–H and O–H groups in total. The van der Waals surface area contributed by atoms with Crippen LogP contribution in [-0.2, 0) is 47.7 Å². The monoisotopic (exact) mass is 1260 g/mol. The standard InChI is InChI=1S/C33H38ClNO8.C26H35NO7.C7H4Cl2O/c1-17-19-8-9-22-31-16-42-33(41,26(38)24(31)30(2,3)13-10-23(31)36)32(22,25(17)37)27(19)43-29(40)18-11-14-35(15-12-18)28(39)20-6-4-5-7-21(20)34;1-13-15-4-5-16-24-12-33-26(32,20(30)18(24)23(2,3)9-6-17(24)28)25(16,19(13)29)21(15)34-22(31)14-7-10-27-11-8-14;8-6-4-2-1-3-5(6)7(9)10/h4-7,18-19,22,24,26-27,38,41H,1,8-16H2,2-3H3;14-16,18,20-21,27,30,32H,1,4-12H2,2-3H3;1-4H/t19-,22-,24+,26-,27+,31+,32-,33-;15-,16-,18+,20-,21+,24+,25-,26-;/m00./s1. The number of carbonyl (C=O) groups excluding carboxylic acids is 8. The summed E-state index contributed by atoms with van der Waals surface area (Å²) in [4.78, 5) is 108. The summed E-state index contributed by atoms with van der Waals surface area (Å²) >= 11 is 17.0. The lowest BCUT2D eigenvalue weighted by Gasteiger charge is -2.73. The molecule has 6 aliphatic heterocycles. The van der Waals surface area contributed by atoms with E-state index in [-0.39, 0.29) is 48.1 Å². The Morgan fingerprint density at radius 2 is 1.01 bits per heavy atom. The van der Waals surface area contributed by atoms with Crippen molar-refractivity contribution in [1.82, 2.24) is 10.2 Å². The molecule has 14 aliphatic rings. The number of hydrogen-bond donors (Lipinski definition) is 5. The van der Waals surface area contributed by atoms with Crippen molar-refractivity contribution >= 4 is 81.0 Å². The van der Waals surface area contributed by atoms with Gasteiger partial charge >= 0.3 is 11.9 Å². The molecule has 8 aliphatic carbocycles. The normalized spacial score (nSPS) is 41.0. The van der Waals surface area contributed by atoms with Crippen molar-refractivity contribution in [2.24, 2.45) is 79.8 Å². The molecule has 2 aromatic carbocycles. The zero-order valence-electron chi connectivity index (χ0n) is 49.5. The maximum absolute atomic E-state index is 14.3. The summed E-state index contributed by atoms with van der Waals surface area (Å²) in [7, 11) is 0. The first-order chi connectivity index (χ1) is 41.1. The molecular formula is C66H77Cl3N2O16. The lowest BCUT2D eigenvalue weighted by atomic mass is 9.36. The van der Waals surface area contributed by atoms with Crippen molar-refractivity contribution in [3.63, 3.8) is 0 Å². The van der Waals surface area contributed by atoms with Gasteiger partial charge in [-0.3, -0.25) is 38.4 Å². The number of ether oxygens (including phenoxy) is 4. The number of esters is 2. The zero-order valence-corrected chi connectivity index (χ0v) is 51.7. The number of nitrogens with zero attached hydrogens (tertiary/aromatic N) is 1. The molecular weight excluding hydrogens is 1180 g/mol. The quantitative estimate of drug-likeness (QED) is 0.109. The number of ketones is 4. The van der Waals surface area contributed by atoms with E-state index in [2.05, 4.69) is 18.5 Å². The van der Waals surface area contributed by atoms with Crippen LogP contribution in [0.3, 0.4) is 0 Å². The maximum atomic E-state index is 14.3. The number of carbonyl (C=O) groups is 8. The van der Waals surface area contributed by atoms with Gasteiger partial charge in [0.25, 0.3) is 11.1 Å². The number of hydrogen-bond acceptors (Lipinski definition) is 17. The first-order valence-corrected chi connectivity index (χ1v) is 31.9. The minimum atomic E-state index is -2.33. The zero-order chi connectivity index (χ0) is 62.5. The molecule has 18 nitrogen and oxygen atoms in total. The fourth-order valence-electron chi connectivity index (χ4n) is 19.8. The predicted molar refractivity (Wildman–Crippen MR) is 314 cm³/mol. The van der Waals surface area contributed by atoms with Crippen LogP contribution in [-0.4, -0.2) is 147 Å². The van der Waals surface area contributed by atoms with Crippen LogP contribution in [0.5, 0.6) is 0 Å². The van der Waals surface area contributed by atoms with E-state index in [0.717, 1.165) is 0 Å². The summed E-state index contributed by atoms with van der Waals surface area (Å²) in [5.74, 6) is -10.9. The van der Waals surface area contributed by atoms with E-state index in [1.165, 1.54) is 0 Å². The second-order valence-corrected chi connectivity index (χ2v) is 29.3. The smallest absolute Gasteiger partial charge is 0.309 e. The van der Waals surface area contributed by atoms with E-state index >= 15 is 0 Å². The fourth-order valence-corrected chi connectivity index (χ4v) is 20.4. The highest BCUT2D eigenvalue weighted by Crippen LogP contribution is 2.78. The van der Waals surface area contributed by atoms with Crippen LogP contribution in [0.4, 0.5) is 0 Å². The second-order valence-electron chi connectivity index (χ2n) is 28.2. The lowest BCUT2D eigenvalue weighted by molar-refractivity contribution is -0.437. The van der Waals surface area contributed by atoms with Crippen molar-refractivity contribution in [1.29, 1.82) is 0 Å². The first-order valence-electron chi connectivity index (χ1n) is 30.8. The Bertz CT molecular complexity index is 3300. The number of aliphatic hydroxyl groups excluding tert-OH is 2. The van der Waals surface area contributed by atoms with E-state index in [4.69, 9.17) is 53.8 Å². The van der Waals surface area contributed by atoms with E-state index in [1.807, 2.05) is 27.7 Å². The number of Topliss-reactive ketones (excluding diaryl/α,β-unsaturated/α-hetero) is 4. The number of fused-ring (bicyclic) bond motifs is 4. The average Bonchev–Trinajstić information content (AvgIpc) is 1.64. The molecule has 0 aromatic heterocycles. The van der Waals surface area contributed by atoms with Crippen molar-refractivity contribution < 1.29 is 77.7 Å². The van der Waals surface area contributed by atoms with Crippen LogP contribution in [0, 0.1) is 79.8 Å². The fraction of sp³-hybridized carbons (Fsp3) is 0.636. The van der Waals surface area contributed by atoms with Gasteiger partial charge in [-0.05, 0) is 147 Å². The Morgan fingerprint density at radius 1 is 0.609 bits per heavy atom. The molecule has 0 unspecified atom stereocenters. The lowest BCUT2D eigenvalue weighted by Crippen LogP contribution is -2.85. The summed E-state index contributed by atoms with van der Waals surface area (Å²) in [6.45, 7) is 18.1. The highest BCUT2D eigenvalue weighted by atomic mass is 35.5. The van der Waals surface area contributed by atoms with Gasteiger partial charge in [-0.15, -0.1) is 0 Å². The third-order valence-electron chi connectivity index (χ3n) is 23.7. The van der Waals surface area contributed by atoms with Crippen LogP contribution in [0.15, 0.2) is 72.8 Å². The van der Waals surface area contributed by atoms with Gasteiger partial charge in [0.1, 0.15) is 46.8 Å². The maximum Gasteiger partial charge on any atom is 0.309 e. The number of rotatable bonds is 6. The van der Waals surface area contributed by atoms with Crippen molar-refractivity contribution in [3.05, 3.63) is 94.0 Å². The number of nitrogens with one attached hydrogen (secondary N) is 1. The van der Waals surface area contributed by atoms with E-state index in [9.17, 15) is 58.8 Å². The molecule has 4 spiro atoms. The summed E-state index contributed by atoms with van der Waals surface area (Å²) < 4.78 is 24.4. The highest BCUT2D eigenvalue weighted by Gasteiger charge is 2.90. The molecule has 6 heterocycles. The van der Waals surface area contributed by atoms with Gasteiger partial charge in [0.05, 0.1) is 57.1 Å². The summed E-state index contributed by atoms with van der Waals surface area (Å²) in [6, 6.07) is 13.5. The van der Waals surface area contributed by atoms with Crippen molar-refractivity contribution in [3.8, 4) is 0 Å². The molecule has 8 bridgehead atoms. The van der Waals surface area contributed by atoms with Gasteiger partial charge in [0.15, 0.2) is 11.6 Å². The molecule has 14 fully saturated rings. The summed E-state index contributed by atoms with van der Waals surface area (Å²) in [6.07, 6.45) is 0.721. The van der Waals surface area contributed by atoms with Crippen molar-refractivity contribution in [2.45, 2.75) is 141 Å². The highest BCUT2D eigenvalue weighted by molar-refractivity contribution is 6.68. The van der Waals surface area contributed by atoms with E-state index < -0.39 is 133 Å². The van der Waals surface area contributed by atoms with Crippen molar-refractivity contribution in [2.75, 3.05) is 39.4 Å². The number of piperidine rings is 2. The number of halogens is 3. The molecule has 2 aromatic rings.